The SMILES string of the molecule is CCCCCCOc1nc(NC)nc(-n2ccnc2)n1. The van der Waals surface area contributed by atoms with Crippen molar-refractivity contribution in [1.29, 1.82) is 0 Å². The molecule has 0 saturated carbocycles. The molecule has 0 atom stereocenters. The Labute approximate surface area is 118 Å². The number of ether oxygens (including phenoxy) is 1. The van der Waals surface area contributed by atoms with E-state index >= 15 is 0 Å². The molecule has 0 aliphatic heterocycles. The molecule has 0 fully saturated rings. The topological polar surface area (TPSA) is 77.8 Å². The molecule has 2 heterocycles. The standard InChI is InChI=1S/C13H20N6O/c1-3-4-5-6-9-20-13-17-11(14-2)16-12(18-13)19-8-7-15-10-19/h7-8,10H,3-6,9H2,1-2H3,(H,14,16,17,18). The first-order valence-corrected chi connectivity index (χ1v) is 6.88. The van der Waals surface area contributed by atoms with E-state index in [2.05, 4.69) is 32.2 Å². The summed E-state index contributed by atoms with van der Waals surface area (Å²) in [6.45, 7) is 2.81. The van der Waals surface area contributed by atoms with Gasteiger partial charge in [-0.15, -0.1) is 0 Å². The van der Waals surface area contributed by atoms with E-state index in [0.29, 0.717) is 24.5 Å². The molecule has 0 aliphatic carbocycles. The summed E-state index contributed by atoms with van der Waals surface area (Å²) >= 11 is 0. The lowest BCUT2D eigenvalue weighted by atomic mass is 10.2. The van der Waals surface area contributed by atoms with E-state index in [1.807, 2.05) is 0 Å². The van der Waals surface area contributed by atoms with Gasteiger partial charge in [-0.2, -0.15) is 15.0 Å². The van der Waals surface area contributed by atoms with Crippen molar-refractivity contribution in [3.05, 3.63) is 18.7 Å². The maximum atomic E-state index is 5.60. The highest BCUT2D eigenvalue weighted by Crippen LogP contribution is 2.11. The van der Waals surface area contributed by atoms with Crippen molar-refractivity contribution in [2.24, 2.45) is 0 Å². The van der Waals surface area contributed by atoms with Crippen LogP contribution >= 0.6 is 0 Å². The molecule has 0 radical (unpaired) electrons. The van der Waals surface area contributed by atoms with Crippen LogP contribution in [-0.4, -0.2) is 38.2 Å². The van der Waals surface area contributed by atoms with Crippen LogP contribution in [0.4, 0.5) is 5.95 Å². The van der Waals surface area contributed by atoms with Crippen molar-refractivity contribution in [2.75, 3.05) is 19.0 Å². The van der Waals surface area contributed by atoms with Crippen LogP contribution in [0.1, 0.15) is 32.6 Å². The fraction of sp³-hybridized carbons (Fsp3) is 0.538. The Morgan fingerprint density at radius 2 is 2.10 bits per heavy atom. The van der Waals surface area contributed by atoms with Crippen LogP contribution in [0.2, 0.25) is 0 Å². The van der Waals surface area contributed by atoms with Gasteiger partial charge in [-0.1, -0.05) is 26.2 Å². The minimum absolute atomic E-state index is 0.338. The summed E-state index contributed by atoms with van der Waals surface area (Å²) < 4.78 is 7.31. The zero-order valence-corrected chi connectivity index (χ0v) is 11.9. The Morgan fingerprint density at radius 1 is 1.20 bits per heavy atom. The normalized spacial score (nSPS) is 10.5. The molecule has 20 heavy (non-hydrogen) atoms. The molecule has 0 aromatic carbocycles. The number of nitrogens with zero attached hydrogens (tertiary/aromatic N) is 5. The highest BCUT2D eigenvalue weighted by atomic mass is 16.5. The molecule has 0 spiro atoms. The Hall–Kier alpha value is -2.18. The minimum Gasteiger partial charge on any atom is -0.463 e. The van der Waals surface area contributed by atoms with Crippen LogP contribution in [0.3, 0.4) is 0 Å². The van der Waals surface area contributed by atoms with E-state index in [1.54, 1.807) is 30.3 Å². The van der Waals surface area contributed by atoms with E-state index in [4.69, 9.17) is 4.74 Å². The zero-order valence-electron chi connectivity index (χ0n) is 11.9. The molecule has 0 bridgehead atoms. The number of anilines is 1. The molecular formula is C13H20N6O. The molecule has 1 N–H and O–H groups in total. The molecule has 0 unspecified atom stereocenters. The van der Waals surface area contributed by atoms with Crippen molar-refractivity contribution in [3.63, 3.8) is 0 Å². The molecule has 0 amide bonds. The first-order chi connectivity index (χ1) is 9.83. The van der Waals surface area contributed by atoms with Crippen LogP contribution in [-0.2, 0) is 0 Å². The molecule has 2 aromatic rings. The summed E-state index contributed by atoms with van der Waals surface area (Å²) in [5, 5.41) is 2.90. The van der Waals surface area contributed by atoms with Crippen LogP contribution in [0.15, 0.2) is 18.7 Å². The molecule has 7 heteroatoms. The molecular weight excluding hydrogens is 256 g/mol. The summed E-state index contributed by atoms with van der Waals surface area (Å²) in [7, 11) is 1.76. The van der Waals surface area contributed by atoms with Gasteiger partial charge < -0.3 is 10.1 Å². The zero-order chi connectivity index (χ0) is 14.2. The van der Waals surface area contributed by atoms with Gasteiger partial charge in [0.05, 0.1) is 6.61 Å². The second kappa shape index (κ2) is 7.42. The second-order valence-electron chi connectivity index (χ2n) is 4.37. The maximum Gasteiger partial charge on any atom is 0.323 e. The number of aromatic nitrogens is 5. The fourth-order valence-corrected chi connectivity index (χ4v) is 1.71. The van der Waals surface area contributed by atoms with Gasteiger partial charge in [-0.3, -0.25) is 4.57 Å². The summed E-state index contributed by atoms with van der Waals surface area (Å²) in [5.41, 5.74) is 0. The van der Waals surface area contributed by atoms with Gasteiger partial charge in [0.25, 0.3) is 0 Å². The van der Waals surface area contributed by atoms with Crippen molar-refractivity contribution in [1.82, 2.24) is 24.5 Å². The van der Waals surface area contributed by atoms with Gasteiger partial charge in [0.15, 0.2) is 0 Å². The highest BCUT2D eigenvalue weighted by molar-refractivity contribution is 5.29. The number of rotatable bonds is 8. The lowest BCUT2D eigenvalue weighted by molar-refractivity contribution is 0.281. The highest BCUT2D eigenvalue weighted by Gasteiger charge is 2.08. The van der Waals surface area contributed by atoms with E-state index in [-0.39, 0.29) is 0 Å². The molecule has 2 rings (SSSR count). The van der Waals surface area contributed by atoms with E-state index < -0.39 is 0 Å². The Bertz CT molecular complexity index is 514. The summed E-state index contributed by atoms with van der Waals surface area (Å²) in [6.07, 6.45) is 9.69. The smallest absolute Gasteiger partial charge is 0.323 e. The van der Waals surface area contributed by atoms with E-state index in [0.717, 1.165) is 12.8 Å². The van der Waals surface area contributed by atoms with Gasteiger partial charge in [-0.05, 0) is 6.42 Å². The van der Waals surface area contributed by atoms with Crippen LogP contribution in [0.25, 0.3) is 5.95 Å². The molecule has 7 nitrogen and oxygen atoms in total. The van der Waals surface area contributed by atoms with E-state index in [1.165, 1.54) is 12.8 Å². The third-order valence-electron chi connectivity index (χ3n) is 2.79. The van der Waals surface area contributed by atoms with Gasteiger partial charge >= 0.3 is 6.01 Å². The lowest BCUT2D eigenvalue weighted by Gasteiger charge is -2.08. The number of unbranched alkanes of at least 4 members (excludes halogenated alkanes) is 3. The number of hydrogen-bond donors (Lipinski definition) is 1. The molecule has 0 saturated heterocycles. The van der Waals surface area contributed by atoms with Crippen molar-refractivity contribution >= 4 is 5.95 Å². The first-order valence-electron chi connectivity index (χ1n) is 6.88. The van der Waals surface area contributed by atoms with Gasteiger partial charge in [0.1, 0.15) is 6.33 Å². The quantitative estimate of drug-likeness (QED) is 0.744. The average Bonchev–Trinajstić information content (AvgIpc) is 3.01. The van der Waals surface area contributed by atoms with Crippen LogP contribution < -0.4 is 10.1 Å². The molecule has 2 aromatic heterocycles. The lowest BCUT2D eigenvalue weighted by Crippen LogP contribution is -2.09. The summed E-state index contributed by atoms with van der Waals surface area (Å²) in [5.74, 6) is 0.970. The third kappa shape index (κ3) is 3.91. The average molecular weight is 276 g/mol. The first kappa shape index (κ1) is 14.2. The number of imidazole rings is 1. The predicted molar refractivity (Wildman–Crippen MR) is 76.1 cm³/mol. The van der Waals surface area contributed by atoms with E-state index in [9.17, 15) is 0 Å². The second-order valence-corrected chi connectivity index (χ2v) is 4.37. The molecule has 108 valence electrons. The third-order valence-corrected chi connectivity index (χ3v) is 2.79. The molecule has 0 aliphatic rings. The van der Waals surface area contributed by atoms with Crippen molar-refractivity contribution < 1.29 is 4.74 Å². The monoisotopic (exact) mass is 276 g/mol. The predicted octanol–water partition coefficient (Wildman–Crippen LogP) is 2.06. The number of nitrogens with one attached hydrogen (secondary N) is 1. The minimum atomic E-state index is 0.338. The summed E-state index contributed by atoms with van der Waals surface area (Å²) in [6, 6.07) is 0.338. The Kier molecular flexibility index (Phi) is 5.28. The van der Waals surface area contributed by atoms with Crippen LogP contribution in [0.5, 0.6) is 6.01 Å². The van der Waals surface area contributed by atoms with Gasteiger partial charge in [0, 0.05) is 19.4 Å². The Balaban J connectivity index is 2.03. The summed E-state index contributed by atoms with van der Waals surface area (Å²) in [4.78, 5) is 16.7. The van der Waals surface area contributed by atoms with Crippen LogP contribution in [0, 0.1) is 0 Å². The van der Waals surface area contributed by atoms with Crippen molar-refractivity contribution in [2.45, 2.75) is 32.6 Å². The van der Waals surface area contributed by atoms with Crippen molar-refractivity contribution in [3.8, 4) is 12.0 Å². The Morgan fingerprint density at radius 3 is 2.80 bits per heavy atom. The fourth-order valence-electron chi connectivity index (χ4n) is 1.71. The number of hydrogen-bond acceptors (Lipinski definition) is 6. The van der Waals surface area contributed by atoms with Gasteiger partial charge in [-0.25, -0.2) is 4.98 Å². The maximum absolute atomic E-state index is 5.60. The largest absolute Gasteiger partial charge is 0.463 e. The van der Waals surface area contributed by atoms with Gasteiger partial charge in [0.2, 0.25) is 11.9 Å².